The molecule has 1 fully saturated rings. The van der Waals surface area contributed by atoms with Crippen molar-refractivity contribution in [2.24, 2.45) is 10.9 Å². The lowest BCUT2D eigenvalue weighted by molar-refractivity contribution is -0.0266. The third-order valence-corrected chi connectivity index (χ3v) is 4.52. The van der Waals surface area contributed by atoms with E-state index < -0.39 is 0 Å². The molecule has 2 rings (SSSR count). The van der Waals surface area contributed by atoms with Gasteiger partial charge in [-0.05, 0) is 24.8 Å². The quantitative estimate of drug-likeness (QED) is 0.407. The maximum absolute atomic E-state index is 6.07. The van der Waals surface area contributed by atoms with Crippen LogP contribution >= 0.6 is 24.0 Å². The number of benzene rings is 1. The van der Waals surface area contributed by atoms with Crippen molar-refractivity contribution in [1.29, 1.82) is 0 Å². The smallest absolute Gasteiger partial charge is 0.193 e. The summed E-state index contributed by atoms with van der Waals surface area (Å²) in [6.45, 7) is 5.02. The van der Waals surface area contributed by atoms with Gasteiger partial charge in [-0.3, -0.25) is 4.99 Å². The van der Waals surface area contributed by atoms with Gasteiger partial charge in [-0.15, -0.1) is 24.0 Å². The van der Waals surface area contributed by atoms with Crippen LogP contribution in [-0.2, 0) is 4.74 Å². The van der Waals surface area contributed by atoms with Crippen LogP contribution in [0.25, 0.3) is 0 Å². The van der Waals surface area contributed by atoms with Crippen molar-refractivity contribution in [2.45, 2.75) is 38.7 Å². The number of hydrogen-bond donors (Lipinski definition) is 1. The van der Waals surface area contributed by atoms with Crippen LogP contribution in [0.2, 0.25) is 0 Å². The van der Waals surface area contributed by atoms with E-state index in [1.54, 1.807) is 0 Å². The molecular formula is C19H32IN3O. The fourth-order valence-corrected chi connectivity index (χ4v) is 3.17. The first-order valence-electron chi connectivity index (χ1n) is 8.84. The first kappa shape index (κ1) is 21.2. The van der Waals surface area contributed by atoms with Gasteiger partial charge < -0.3 is 15.0 Å². The Hall–Kier alpha value is -0.820. The van der Waals surface area contributed by atoms with Crippen molar-refractivity contribution >= 4 is 29.9 Å². The summed E-state index contributed by atoms with van der Waals surface area (Å²) in [5.41, 5.74) is 1.29. The number of aliphatic imine (C=N–C) groups is 1. The number of ether oxygens (including phenoxy) is 1. The van der Waals surface area contributed by atoms with Gasteiger partial charge in [-0.25, -0.2) is 0 Å². The predicted octanol–water partition coefficient (Wildman–Crippen LogP) is 4.08. The summed E-state index contributed by atoms with van der Waals surface area (Å²) in [6.07, 6.45) is 4.92. The number of unbranched alkanes of at least 4 members (excludes halogenated alkanes) is 1. The lowest BCUT2D eigenvalue weighted by Crippen LogP contribution is -2.43. The summed E-state index contributed by atoms with van der Waals surface area (Å²) in [6, 6.07) is 10.6. The summed E-state index contributed by atoms with van der Waals surface area (Å²) in [4.78, 5) is 6.63. The Morgan fingerprint density at radius 1 is 1.33 bits per heavy atom. The molecule has 136 valence electrons. The van der Waals surface area contributed by atoms with Gasteiger partial charge in [0.2, 0.25) is 0 Å². The maximum Gasteiger partial charge on any atom is 0.193 e. The molecule has 0 amide bonds. The molecule has 4 nitrogen and oxygen atoms in total. The van der Waals surface area contributed by atoms with E-state index in [-0.39, 0.29) is 30.1 Å². The second-order valence-corrected chi connectivity index (χ2v) is 6.31. The molecule has 24 heavy (non-hydrogen) atoms. The SMILES string of the molecule is CCCCN(C)C(=NC)NCC1CCCOC1c1ccccc1.I. The third kappa shape index (κ3) is 6.24. The second-order valence-electron chi connectivity index (χ2n) is 6.31. The number of nitrogens with zero attached hydrogens (tertiary/aromatic N) is 2. The molecule has 1 N–H and O–H groups in total. The van der Waals surface area contributed by atoms with Gasteiger partial charge in [0, 0.05) is 39.7 Å². The summed E-state index contributed by atoms with van der Waals surface area (Å²) in [7, 11) is 3.97. The van der Waals surface area contributed by atoms with Crippen molar-refractivity contribution in [1.82, 2.24) is 10.2 Å². The Morgan fingerprint density at radius 3 is 2.75 bits per heavy atom. The first-order valence-corrected chi connectivity index (χ1v) is 8.84. The molecule has 0 aromatic heterocycles. The van der Waals surface area contributed by atoms with Crippen LogP contribution in [0, 0.1) is 5.92 Å². The van der Waals surface area contributed by atoms with Crippen LogP contribution in [0.1, 0.15) is 44.3 Å². The highest BCUT2D eigenvalue weighted by Gasteiger charge is 2.27. The molecule has 1 aromatic carbocycles. The van der Waals surface area contributed by atoms with Crippen molar-refractivity contribution in [2.75, 3.05) is 33.8 Å². The van der Waals surface area contributed by atoms with Gasteiger partial charge in [-0.1, -0.05) is 43.7 Å². The molecule has 5 heteroatoms. The Balaban J connectivity index is 0.00000288. The van der Waals surface area contributed by atoms with E-state index >= 15 is 0 Å². The topological polar surface area (TPSA) is 36.9 Å². The highest BCUT2D eigenvalue weighted by molar-refractivity contribution is 14.0. The second kappa shape index (κ2) is 11.7. The fraction of sp³-hybridized carbons (Fsp3) is 0.632. The van der Waals surface area contributed by atoms with Crippen LogP contribution in [0.15, 0.2) is 35.3 Å². The van der Waals surface area contributed by atoms with Crippen molar-refractivity contribution in [3.05, 3.63) is 35.9 Å². The zero-order valence-corrected chi connectivity index (χ0v) is 17.5. The average Bonchev–Trinajstić information content (AvgIpc) is 2.61. The molecule has 0 saturated carbocycles. The van der Waals surface area contributed by atoms with Gasteiger partial charge in [0.05, 0.1) is 6.10 Å². The Morgan fingerprint density at radius 2 is 2.08 bits per heavy atom. The van der Waals surface area contributed by atoms with E-state index in [1.807, 2.05) is 7.05 Å². The van der Waals surface area contributed by atoms with Gasteiger partial charge in [0.15, 0.2) is 5.96 Å². The van der Waals surface area contributed by atoms with Crippen molar-refractivity contribution in [3.63, 3.8) is 0 Å². The van der Waals surface area contributed by atoms with E-state index in [2.05, 4.69) is 59.5 Å². The van der Waals surface area contributed by atoms with E-state index in [4.69, 9.17) is 4.74 Å². The zero-order valence-electron chi connectivity index (χ0n) is 15.2. The van der Waals surface area contributed by atoms with E-state index in [0.717, 1.165) is 32.1 Å². The number of halogens is 1. The molecular weight excluding hydrogens is 413 g/mol. The molecule has 0 aliphatic carbocycles. The van der Waals surface area contributed by atoms with Gasteiger partial charge in [0.1, 0.15) is 0 Å². The largest absolute Gasteiger partial charge is 0.373 e. The predicted molar refractivity (Wildman–Crippen MR) is 112 cm³/mol. The maximum atomic E-state index is 6.07. The molecule has 0 radical (unpaired) electrons. The Bertz CT molecular complexity index is 481. The minimum atomic E-state index is 0. The van der Waals surface area contributed by atoms with Gasteiger partial charge in [0.25, 0.3) is 0 Å². The summed E-state index contributed by atoms with van der Waals surface area (Å²) in [5.74, 6) is 1.47. The van der Waals surface area contributed by atoms with E-state index in [1.165, 1.54) is 24.8 Å². The zero-order chi connectivity index (χ0) is 16.5. The van der Waals surface area contributed by atoms with Crippen LogP contribution in [0.5, 0.6) is 0 Å². The highest BCUT2D eigenvalue weighted by atomic mass is 127. The van der Waals surface area contributed by atoms with Crippen LogP contribution in [0.3, 0.4) is 0 Å². The van der Waals surface area contributed by atoms with Gasteiger partial charge in [-0.2, -0.15) is 0 Å². The van der Waals surface area contributed by atoms with Crippen LogP contribution < -0.4 is 5.32 Å². The number of rotatable bonds is 6. The van der Waals surface area contributed by atoms with Gasteiger partial charge >= 0.3 is 0 Å². The van der Waals surface area contributed by atoms with Crippen LogP contribution in [0.4, 0.5) is 0 Å². The molecule has 0 spiro atoms. The first-order chi connectivity index (χ1) is 11.3. The normalized spacial score (nSPS) is 21.0. The minimum absolute atomic E-state index is 0. The fourth-order valence-electron chi connectivity index (χ4n) is 3.17. The number of hydrogen-bond acceptors (Lipinski definition) is 2. The minimum Gasteiger partial charge on any atom is -0.373 e. The summed E-state index contributed by atoms with van der Waals surface area (Å²) >= 11 is 0. The lowest BCUT2D eigenvalue weighted by atomic mass is 9.89. The molecule has 1 aromatic rings. The van der Waals surface area contributed by atoms with Crippen LogP contribution in [-0.4, -0.2) is 44.7 Å². The Kier molecular flexibility index (Phi) is 10.3. The third-order valence-electron chi connectivity index (χ3n) is 4.52. The molecule has 2 unspecified atom stereocenters. The van der Waals surface area contributed by atoms with E-state index in [0.29, 0.717) is 5.92 Å². The lowest BCUT2D eigenvalue weighted by Gasteiger charge is -2.33. The summed E-state index contributed by atoms with van der Waals surface area (Å²) < 4.78 is 6.07. The standard InChI is InChI=1S/C19H31N3O.HI/c1-4-5-13-22(3)19(20-2)21-15-17-12-9-14-23-18(17)16-10-7-6-8-11-16;/h6-8,10-11,17-18H,4-5,9,12-15H2,1-3H3,(H,20,21);1H. The average molecular weight is 445 g/mol. The molecule has 1 aliphatic heterocycles. The van der Waals surface area contributed by atoms with E-state index in [9.17, 15) is 0 Å². The molecule has 1 heterocycles. The molecule has 0 bridgehead atoms. The number of nitrogens with one attached hydrogen (secondary N) is 1. The monoisotopic (exact) mass is 445 g/mol. The van der Waals surface area contributed by atoms with Crippen molar-refractivity contribution < 1.29 is 4.74 Å². The van der Waals surface area contributed by atoms with Crippen molar-refractivity contribution in [3.8, 4) is 0 Å². The molecule has 1 aliphatic rings. The summed E-state index contributed by atoms with van der Waals surface area (Å²) in [5, 5.41) is 3.54. The molecule has 1 saturated heterocycles. The highest BCUT2D eigenvalue weighted by Crippen LogP contribution is 2.33. The number of guanidine groups is 1. The molecule has 2 atom stereocenters. The Labute approximate surface area is 164 Å².